The zero-order valence-electron chi connectivity index (χ0n) is 15.8. The van der Waals surface area contributed by atoms with Gasteiger partial charge in [-0.15, -0.1) is 0 Å². The Balaban J connectivity index is 1.69. The standard InChI is InChI=1S/C21H30N2O2/c1-14-19-12-15-6-7-16(20(22)24)11-18(15)21(14,2)8-9-23(19,3)13-17-5-4-10-25-17/h6-7,11,14,17,19H,4-5,8-10,12-13H2,1-3H3,(H-,22,24)/p+1/t14-,17-,19+,21-,23?/m0/s1. The summed E-state index contributed by atoms with van der Waals surface area (Å²) in [5, 5.41) is 0. The van der Waals surface area contributed by atoms with Crippen molar-refractivity contribution in [3.8, 4) is 0 Å². The molecule has 4 heteroatoms. The van der Waals surface area contributed by atoms with Gasteiger partial charge in [-0.1, -0.05) is 19.9 Å². The van der Waals surface area contributed by atoms with Crippen molar-refractivity contribution >= 4 is 5.91 Å². The Kier molecular flexibility index (Phi) is 3.97. The smallest absolute Gasteiger partial charge is 0.248 e. The number of rotatable bonds is 3. The lowest BCUT2D eigenvalue weighted by molar-refractivity contribution is -0.946. The van der Waals surface area contributed by atoms with Crippen molar-refractivity contribution in [1.29, 1.82) is 0 Å². The van der Waals surface area contributed by atoms with Crippen LogP contribution >= 0.6 is 0 Å². The van der Waals surface area contributed by atoms with Crippen molar-refractivity contribution in [2.45, 2.75) is 57.1 Å². The second kappa shape index (κ2) is 5.82. The Morgan fingerprint density at radius 1 is 1.44 bits per heavy atom. The summed E-state index contributed by atoms with van der Waals surface area (Å²) in [6.07, 6.45) is 5.10. The molecule has 2 aliphatic heterocycles. The van der Waals surface area contributed by atoms with Crippen molar-refractivity contribution in [2.24, 2.45) is 11.7 Å². The second-order valence-electron chi connectivity index (χ2n) is 8.98. The lowest BCUT2D eigenvalue weighted by atomic mass is 9.58. The number of amides is 1. The monoisotopic (exact) mass is 343 g/mol. The van der Waals surface area contributed by atoms with Crippen molar-refractivity contribution in [2.75, 3.05) is 26.7 Å². The van der Waals surface area contributed by atoms with Crippen LogP contribution in [0.25, 0.3) is 0 Å². The first-order chi connectivity index (χ1) is 11.8. The highest BCUT2D eigenvalue weighted by Gasteiger charge is 2.55. The minimum absolute atomic E-state index is 0.137. The number of carbonyl (C=O) groups excluding carboxylic acids is 1. The number of piperidine rings is 1. The lowest BCUT2D eigenvalue weighted by Gasteiger charge is -2.58. The van der Waals surface area contributed by atoms with Crippen LogP contribution in [0, 0.1) is 5.92 Å². The van der Waals surface area contributed by atoms with Crippen LogP contribution in [-0.4, -0.2) is 49.3 Å². The van der Waals surface area contributed by atoms with Crippen LogP contribution in [-0.2, 0) is 16.6 Å². The van der Waals surface area contributed by atoms with Gasteiger partial charge < -0.3 is 15.0 Å². The third kappa shape index (κ3) is 2.61. The minimum Gasteiger partial charge on any atom is -0.372 e. The second-order valence-corrected chi connectivity index (χ2v) is 8.98. The molecular weight excluding hydrogens is 312 g/mol. The zero-order chi connectivity index (χ0) is 17.8. The van der Waals surface area contributed by atoms with Crippen molar-refractivity contribution in [3.63, 3.8) is 0 Å². The van der Waals surface area contributed by atoms with Gasteiger partial charge in [0, 0.05) is 36.3 Å². The molecule has 25 heavy (non-hydrogen) atoms. The van der Waals surface area contributed by atoms with Crippen LogP contribution in [0.3, 0.4) is 0 Å². The summed E-state index contributed by atoms with van der Waals surface area (Å²) in [6.45, 7) is 8.06. The number of nitrogens with zero attached hydrogens (tertiary/aromatic N) is 1. The van der Waals surface area contributed by atoms with Gasteiger partial charge in [-0.25, -0.2) is 0 Å². The van der Waals surface area contributed by atoms with Crippen molar-refractivity contribution in [3.05, 3.63) is 34.9 Å². The van der Waals surface area contributed by atoms with Gasteiger partial charge in [0.25, 0.3) is 0 Å². The van der Waals surface area contributed by atoms with Crippen LogP contribution in [0.15, 0.2) is 18.2 Å². The molecule has 2 fully saturated rings. The van der Waals surface area contributed by atoms with E-state index in [2.05, 4.69) is 33.0 Å². The number of benzene rings is 1. The SMILES string of the molecule is C[C@H]1[C@H]2Cc3ccc(C(N)=O)cc3[C@@]1(C)CC[N+]2(C)C[C@@H]1CCCO1. The van der Waals surface area contributed by atoms with E-state index >= 15 is 0 Å². The molecule has 2 N–H and O–H groups in total. The molecule has 5 atom stereocenters. The highest BCUT2D eigenvalue weighted by atomic mass is 16.5. The fraction of sp³-hybridized carbons (Fsp3) is 0.667. The number of hydrogen-bond donors (Lipinski definition) is 1. The Morgan fingerprint density at radius 3 is 2.92 bits per heavy atom. The topological polar surface area (TPSA) is 52.3 Å². The summed E-state index contributed by atoms with van der Waals surface area (Å²) in [5.41, 5.74) is 9.08. The number of quaternary nitrogens is 1. The highest BCUT2D eigenvalue weighted by molar-refractivity contribution is 5.93. The van der Waals surface area contributed by atoms with Crippen LogP contribution in [0.1, 0.15) is 54.6 Å². The first kappa shape index (κ1) is 17.0. The van der Waals surface area contributed by atoms with E-state index in [1.165, 1.54) is 30.5 Å². The minimum atomic E-state index is -0.323. The first-order valence-corrected chi connectivity index (χ1v) is 9.72. The van der Waals surface area contributed by atoms with E-state index in [1.807, 2.05) is 6.07 Å². The molecule has 1 aromatic carbocycles. The maximum Gasteiger partial charge on any atom is 0.248 e. The predicted molar refractivity (Wildman–Crippen MR) is 98.5 cm³/mol. The Morgan fingerprint density at radius 2 is 2.24 bits per heavy atom. The number of hydrogen-bond acceptors (Lipinski definition) is 2. The largest absolute Gasteiger partial charge is 0.372 e. The summed E-state index contributed by atoms with van der Waals surface area (Å²) in [7, 11) is 2.44. The molecule has 0 radical (unpaired) electrons. The van der Waals surface area contributed by atoms with Gasteiger partial charge in [0.1, 0.15) is 12.6 Å². The normalized spacial score (nSPS) is 39.9. The average Bonchev–Trinajstić information content (AvgIpc) is 3.07. The number of ether oxygens (including phenoxy) is 1. The molecule has 1 aliphatic carbocycles. The average molecular weight is 343 g/mol. The highest BCUT2D eigenvalue weighted by Crippen LogP contribution is 2.50. The summed E-state index contributed by atoms with van der Waals surface area (Å²) in [6, 6.07) is 6.74. The van der Waals surface area contributed by atoms with E-state index in [9.17, 15) is 4.79 Å². The van der Waals surface area contributed by atoms with E-state index in [4.69, 9.17) is 10.5 Å². The lowest BCUT2D eigenvalue weighted by Crippen LogP contribution is -2.68. The molecule has 0 aromatic heterocycles. The third-order valence-corrected chi connectivity index (χ3v) is 7.61. The van der Waals surface area contributed by atoms with Gasteiger partial charge in [-0.3, -0.25) is 4.79 Å². The number of likely N-dealkylation sites (tertiary alicyclic amines) is 1. The van der Waals surface area contributed by atoms with E-state index < -0.39 is 0 Å². The van der Waals surface area contributed by atoms with Crippen molar-refractivity contribution in [1.82, 2.24) is 0 Å². The van der Waals surface area contributed by atoms with Crippen LogP contribution < -0.4 is 5.73 Å². The molecule has 0 spiro atoms. The Bertz CT molecular complexity index is 697. The maximum absolute atomic E-state index is 11.6. The van der Waals surface area contributed by atoms with Gasteiger partial charge in [0.05, 0.1) is 19.6 Å². The molecule has 2 heterocycles. The van der Waals surface area contributed by atoms with E-state index in [-0.39, 0.29) is 11.3 Å². The van der Waals surface area contributed by atoms with E-state index in [0.29, 0.717) is 23.6 Å². The summed E-state index contributed by atoms with van der Waals surface area (Å²) in [5.74, 6) is 0.263. The van der Waals surface area contributed by atoms with Crippen LogP contribution in [0.2, 0.25) is 0 Å². The van der Waals surface area contributed by atoms with Gasteiger partial charge >= 0.3 is 0 Å². The quantitative estimate of drug-likeness (QED) is 0.858. The van der Waals surface area contributed by atoms with Crippen LogP contribution in [0.5, 0.6) is 0 Å². The maximum atomic E-state index is 11.6. The summed E-state index contributed by atoms with van der Waals surface area (Å²) < 4.78 is 7.09. The predicted octanol–water partition coefficient (Wildman–Crippen LogP) is 2.63. The third-order valence-electron chi connectivity index (χ3n) is 7.61. The molecule has 2 saturated heterocycles. The van der Waals surface area contributed by atoms with Gasteiger partial charge in [0.2, 0.25) is 5.91 Å². The first-order valence-electron chi connectivity index (χ1n) is 9.72. The molecule has 1 aromatic rings. The molecule has 4 rings (SSSR count). The fourth-order valence-electron chi connectivity index (χ4n) is 5.77. The molecule has 1 unspecified atom stereocenters. The number of primary amides is 1. The van der Waals surface area contributed by atoms with Gasteiger partial charge in [-0.2, -0.15) is 0 Å². The number of likely N-dealkylation sites (N-methyl/N-ethyl adjacent to an activating group) is 1. The zero-order valence-corrected chi connectivity index (χ0v) is 15.8. The van der Waals surface area contributed by atoms with Crippen LogP contribution in [0.4, 0.5) is 0 Å². The van der Waals surface area contributed by atoms with Gasteiger partial charge in [0.15, 0.2) is 0 Å². The summed E-state index contributed by atoms with van der Waals surface area (Å²) >= 11 is 0. The van der Waals surface area contributed by atoms with E-state index in [0.717, 1.165) is 30.5 Å². The molecule has 2 bridgehead atoms. The number of carbonyl (C=O) groups is 1. The molecule has 1 amide bonds. The Labute approximate surface area is 150 Å². The molecule has 0 saturated carbocycles. The molecule has 4 nitrogen and oxygen atoms in total. The van der Waals surface area contributed by atoms with Gasteiger partial charge in [-0.05, 0) is 36.1 Å². The van der Waals surface area contributed by atoms with Crippen molar-refractivity contribution < 1.29 is 14.0 Å². The molecular formula is C21H31N2O2+. The Hall–Kier alpha value is -1.39. The summed E-state index contributed by atoms with van der Waals surface area (Å²) in [4.78, 5) is 11.6. The number of nitrogens with two attached hydrogens (primary N) is 1. The number of fused-ring (bicyclic) bond motifs is 4. The fourth-order valence-corrected chi connectivity index (χ4v) is 5.77. The molecule has 3 aliphatic rings. The van der Waals surface area contributed by atoms with E-state index in [1.54, 1.807) is 0 Å². The molecule has 136 valence electrons.